The Kier molecular flexibility index (Phi) is 5.98. The van der Waals surface area contributed by atoms with Gasteiger partial charge >= 0.3 is 0 Å². The summed E-state index contributed by atoms with van der Waals surface area (Å²) in [6, 6.07) is 12.0. The first kappa shape index (κ1) is 22.0. The quantitative estimate of drug-likeness (QED) is 0.239. The van der Waals surface area contributed by atoms with E-state index >= 15 is 0 Å². The van der Waals surface area contributed by atoms with Crippen molar-refractivity contribution in [1.82, 2.24) is 0 Å². The van der Waals surface area contributed by atoms with E-state index < -0.39 is 20.6 Å². The van der Waals surface area contributed by atoms with Gasteiger partial charge in [0.25, 0.3) is 10.1 Å². The molecular formula is C19H12Cl4O5S. The molecule has 0 aliphatic rings. The summed E-state index contributed by atoms with van der Waals surface area (Å²) < 4.78 is 34.1. The maximum absolute atomic E-state index is 13.0. The first-order valence-electron chi connectivity index (χ1n) is 7.89. The molecule has 0 saturated carbocycles. The molecule has 152 valence electrons. The van der Waals surface area contributed by atoms with Gasteiger partial charge in [0, 0.05) is 10.6 Å². The minimum atomic E-state index is -5.01. The van der Waals surface area contributed by atoms with Crippen LogP contribution >= 0.6 is 46.4 Å². The molecule has 0 radical (unpaired) electrons. The zero-order valence-electron chi connectivity index (χ0n) is 14.3. The zero-order chi connectivity index (χ0) is 21.6. The highest BCUT2D eigenvalue weighted by Gasteiger charge is 2.50. The number of aromatic hydroxyl groups is 2. The summed E-state index contributed by atoms with van der Waals surface area (Å²) in [5, 5.41) is 18.8. The Hall–Kier alpha value is -1.67. The highest BCUT2D eigenvalue weighted by Crippen LogP contribution is 2.51. The maximum Gasteiger partial charge on any atom is 0.283 e. The van der Waals surface area contributed by atoms with Gasteiger partial charge in [0.1, 0.15) is 10.8 Å². The minimum absolute atomic E-state index is 0.0276. The Balaban J connectivity index is 2.59. The van der Waals surface area contributed by atoms with E-state index in [4.69, 9.17) is 46.4 Å². The largest absolute Gasteiger partial charge is 0.508 e. The van der Waals surface area contributed by atoms with Crippen molar-refractivity contribution in [2.45, 2.75) is 4.75 Å². The summed E-state index contributed by atoms with van der Waals surface area (Å²) in [6.07, 6.45) is 0. The summed E-state index contributed by atoms with van der Waals surface area (Å²) in [5.41, 5.74) is -0.139. The van der Waals surface area contributed by atoms with Crippen molar-refractivity contribution in [3.05, 3.63) is 91.4 Å². The van der Waals surface area contributed by atoms with Crippen LogP contribution in [0, 0.1) is 0 Å². The molecule has 0 heterocycles. The number of rotatable bonds is 4. The Bertz CT molecular complexity index is 1200. The molecule has 3 N–H and O–H groups in total. The molecule has 0 saturated heterocycles. The number of phenols is 2. The summed E-state index contributed by atoms with van der Waals surface area (Å²) in [7, 11) is -5.01. The van der Waals surface area contributed by atoms with Crippen molar-refractivity contribution < 1.29 is 23.2 Å². The van der Waals surface area contributed by atoms with Gasteiger partial charge in [-0.2, -0.15) is 8.42 Å². The Morgan fingerprint density at radius 2 is 1.41 bits per heavy atom. The van der Waals surface area contributed by atoms with Crippen LogP contribution < -0.4 is 0 Å². The molecule has 0 fully saturated rings. The molecule has 0 aromatic heterocycles. The Morgan fingerprint density at radius 1 is 0.793 bits per heavy atom. The van der Waals surface area contributed by atoms with Crippen molar-refractivity contribution in [1.29, 1.82) is 0 Å². The van der Waals surface area contributed by atoms with Gasteiger partial charge in [-0.3, -0.25) is 4.55 Å². The first-order chi connectivity index (χ1) is 13.5. The lowest BCUT2D eigenvalue weighted by Crippen LogP contribution is -2.38. The first-order valence-corrected chi connectivity index (χ1v) is 10.8. The normalized spacial score (nSPS) is 13.8. The van der Waals surface area contributed by atoms with E-state index in [1.165, 1.54) is 48.5 Å². The van der Waals surface area contributed by atoms with Gasteiger partial charge in [0.2, 0.25) is 0 Å². The van der Waals surface area contributed by atoms with Crippen LogP contribution in [0.5, 0.6) is 11.5 Å². The second kappa shape index (κ2) is 7.87. The van der Waals surface area contributed by atoms with E-state index in [9.17, 15) is 23.2 Å². The van der Waals surface area contributed by atoms with Crippen molar-refractivity contribution in [3.8, 4) is 11.5 Å². The lowest BCUT2D eigenvalue weighted by atomic mass is 9.83. The SMILES string of the molecule is O=S(=O)(O)C(c1ccc(O)cc1)(c1cccc(Cl)c1)c1cc(Cl)c(O)c(Cl)c1Cl. The standard InChI is InChI=1S/C19H12Cl4O5S/c20-12-3-1-2-11(8-12)19(29(26,27)28,10-4-6-13(24)7-5-10)14-9-15(21)18(25)17(23)16(14)22/h1-9,24-25H,(H,26,27,28). The molecule has 29 heavy (non-hydrogen) atoms. The zero-order valence-corrected chi connectivity index (χ0v) is 18.1. The number of halogens is 4. The molecule has 3 aromatic carbocycles. The molecule has 10 heteroatoms. The highest BCUT2D eigenvalue weighted by molar-refractivity contribution is 7.87. The monoisotopic (exact) mass is 492 g/mol. The molecule has 0 aliphatic heterocycles. The molecule has 3 aromatic rings. The fourth-order valence-corrected chi connectivity index (χ4v) is 5.45. The number of phenolic OH excluding ortho intramolecular Hbond substituents is 2. The molecule has 5 nitrogen and oxygen atoms in total. The summed E-state index contributed by atoms with van der Waals surface area (Å²) in [6.45, 7) is 0. The van der Waals surface area contributed by atoms with Gasteiger partial charge in [-0.1, -0.05) is 70.7 Å². The topological polar surface area (TPSA) is 94.8 Å². The summed E-state index contributed by atoms with van der Waals surface area (Å²) in [4.78, 5) is 0. The maximum atomic E-state index is 13.0. The number of hydrogen-bond donors (Lipinski definition) is 3. The van der Waals surface area contributed by atoms with Crippen LogP contribution in [-0.2, 0) is 14.9 Å². The third kappa shape index (κ3) is 3.65. The van der Waals surface area contributed by atoms with E-state index in [0.717, 1.165) is 6.07 Å². The third-order valence-corrected chi connectivity index (χ3v) is 7.25. The average molecular weight is 494 g/mol. The summed E-state index contributed by atoms with van der Waals surface area (Å²) in [5.74, 6) is -0.667. The van der Waals surface area contributed by atoms with Crippen molar-refractivity contribution >= 4 is 56.5 Å². The number of benzene rings is 3. The van der Waals surface area contributed by atoms with Crippen molar-refractivity contribution in [2.24, 2.45) is 0 Å². The Morgan fingerprint density at radius 3 is 1.97 bits per heavy atom. The van der Waals surface area contributed by atoms with Gasteiger partial charge in [0.05, 0.1) is 10.0 Å². The van der Waals surface area contributed by atoms with E-state index in [1.54, 1.807) is 0 Å². The predicted octanol–water partition coefficient (Wildman–Crippen LogP) is 5.89. The van der Waals surface area contributed by atoms with Gasteiger partial charge in [-0.05, 0) is 41.5 Å². The number of hydrogen-bond acceptors (Lipinski definition) is 4. The lowest BCUT2D eigenvalue weighted by Gasteiger charge is -2.33. The molecule has 0 aliphatic carbocycles. The molecule has 0 spiro atoms. The predicted molar refractivity (Wildman–Crippen MR) is 114 cm³/mol. The van der Waals surface area contributed by atoms with Crippen LogP contribution in [0.25, 0.3) is 0 Å². The van der Waals surface area contributed by atoms with Crippen LogP contribution in [0.15, 0.2) is 54.6 Å². The van der Waals surface area contributed by atoms with Crippen molar-refractivity contribution in [3.63, 3.8) is 0 Å². The van der Waals surface area contributed by atoms with Gasteiger partial charge in [-0.15, -0.1) is 0 Å². The summed E-state index contributed by atoms with van der Waals surface area (Å²) >= 11 is 24.5. The third-order valence-electron chi connectivity index (χ3n) is 4.41. The fraction of sp³-hybridized carbons (Fsp3) is 0.0526. The fourth-order valence-electron chi connectivity index (χ4n) is 3.16. The van der Waals surface area contributed by atoms with Gasteiger partial charge < -0.3 is 10.2 Å². The van der Waals surface area contributed by atoms with Gasteiger partial charge in [-0.25, -0.2) is 0 Å². The van der Waals surface area contributed by atoms with Crippen molar-refractivity contribution in [2.75, 3.05) is 0 Å². The van der Waals surface area contributed by atoms with E-state index in [0.29, 0.717) is 0 Å². The second-order valence-corrected chi connectivity index (χ2v) is 9.26. The molecule has 0 bridgehead atoms. The second-order valence-electron chi connectivity index (χ2n) is 6.10. The van der Waals surface area contributed by atoms with Crippen LogP contribution in [0.3, 0.4) is 0 Å². The molecule has 0 amide bonds. The smallest absolute Gasteiger partial charge is 0.283 e. The Labute approximate surface area is 186 Å². The van der Waals surface area contributed by atoms with Crippen LogP contribution in [0.4, 0.5) is 0 Å². The molecule has 1 atom stereocenters. The van der Waals surface area contributed by atoms with E-state index in [1.807, 2.05) is 0 Å². The van der Waals surface area contributed by atoms with E-state index in [-0.39, 0.29) is 42.5 Å². The molecule has 1 unspecified atom stereocenters. The highest BCUT2D eigenvalue weighted by atomic mass is 35.5. The van der Waals surface area contributed by atoms with Crippen LogP contribution in [0.2, 0.25) is 20.1 Å². The van der Waals surface area contributed by atoms with Crippen LogP contribution in [-0.4, -0.2) is 23.2 Å². The molecule has 3 rings (SSSR count). The van der Waals surface area contributed by atoms with E-state index in [2.05, 4.69) is 0 Å². The minimum Gasteiger partial charge on any atom is -0.508 e. The molecular weight excluding hydrogens is 482 g/mol. The lowest BCUT2D eigenvalue weighted by molar-refractivity contribution is 0.456. The van der Waals surface area contributed by atoms with Crippen LogP contribution in [0.1, 0.15) is 16.7 Å². The average Bonchev–Trinajstić information content (AvgIpc) is 2.65. The van der Waals surface area contributed by atoms with Gasteiger partial charge in [0.15, 0.2) is 10.5 Å².